The maximum absolute atomic E-state index is 13.3. The number of benzene rings is 2. The molecule has 0 fully saturated rings. The number of aromatic nitrogens is 4. The van der Waals surface area contributed by atoms with Crippen LogP contribution in [0.4, 0.5) is 10.1 Å². The van der Waals surface area contributed by atoms with E-state index in [-0.39, 0.29) is 29.7 Å². The number of hydrogen-bond donors (Lipinski definition) is 1. The lowest BCUT2D eigenvalue weighted by molar-refractivity contribution is -0.116. The number of nitrogens with one attached hydrogen (secondary N) is 1. The Hall–Kier alpha value is -3.31. The van der Waals surface area contributed by atoms with Crippen molar-refractivity contribution in [1.29, 1.82) is 5.26 Å². The van der Waals surface area contributed by atoms with Crippen LogP contribution in [-0.2, 0) is 11.3 Å². The van der Waals surface area contributed by atoms with Gasteiger partial charge in [0.05, 0.1) is 17.1 Å². The molecule has 136 valence electrons. The molecule has 0 atom stereocenters. The molecular formula is C18H14ClFN6O. The molecule has 0 saturated carbocycles. The molecule has 0 radical (unpaired) electrons. The number of rotatable bonds is 5. The van der Waals surface area contributed by atoms with Crippen LogP contribution in [-0.4, -0.2) is 26.1 Å². The molecule has 0 unspecified atom stereocenters. The fourth-order valence-corrected chi connectivity index (χ4v) is 2.57. The number of halogens is 2. The Morgan fingerprint density at radius 3 is 2.85 bits per heavy atom. The molecular weight excluding hydrogens is 371 g/mol. The minimum atomic E-state index is -0.300. The Kier molecular flexibility index (Phi) is 5.43. The first kappa shape index (κ1) is 18.5. The molecule has 3 aromatic rings. The van der Waals surface area contributed by atoms with Gasteiger partial charge in [-0.15, -0.1) is 10.2 Å². The van der Waals surface area contributed by atoms with Gasteiger partial charge in [-0.25, -0.2) is 4.39 Å². The molecule has 1 amide bonds. The maximum atomic E-state index is 13.3. The van der Waals surface area contributed by atoms with Gasteiger partial charge in [0.15, 0.2) is 0 Å². The molecule has 27 heavy (non-hydrogen) atoms. The molecule has 1 aromatic heterocycles. The summed E-state index contributed by atoms with van der Waals surface area (Å²) in [4.78, 5) is 13.4. The Morgan fingerprint density at radius 2 is 2.15 bits per heavy atom. The summed E-state index contributed by atoms with van der Waals surface area (Å²) in [5, 5.41) is 23.9. The number of hydrogen-bond acceptors (Lipinski definition) is 5. The number of amides is 1. The molecule has 2 aromatic carbocycles. The Balaban J connectivity index is 1.59. The molecule has 0 bridgehead atoms. The maximum Gasteiger partial charge on any atom is 0.226 e. The normalized spacial score (nSPS) is 10.4. The predicted octanol–water partition coefficient (Wildman–Crippen LogP) is 3.34. The third-order valence-corrected chi connectivity index (χ3v) is 4.09. The SMILES string of the molecule is Cc1cc(-c2nnn(CCC(=O)Nc3ccc(C#N)c(Cl)c3)n2)ccc1F. The van der Waals surface area contributed by atoms with E-state index in [0.29, 0.717) is 28.2 Å². The van der Waals surface area contributed by atoms with Crippen molar-refractivity contribution >= 4 is 23.2 Å². The second kappa shape index (κ2) is 7.93. The van der Waals surface area contributed by atoms with Gasteiger partial charge >= 0.3 is 0 Å². The number of tetrazole rings is 1. The van der Waals surface area contributed by atoms with Crippen LogP contribution in [0, 0.1) is 24.1 Å². The van der Waals surface area contributed by atoms with Crippen molar-refractivity contribution in [2.45, 2.75) is 19.9 Å². The van der Waals surface area contributed by atoms with Crippen molar-refractivity contribution in [2.75, 3.05) is 5.32 Å². The third-order valence-electron chi connectivity index (χ3n) is 3.78. The summed E-state index contributed by atoms with van der Waals surface area (Å²) >= 11 is 5.94. The van der Waals surface area contributed by atoms with Gasteiger partial charge in [0.2, 0.25) is 11.7 Å². The van der Waals surface area contributed by atoms with E-state index in [4.69, 9.17) is 16.9 Å². The first-order chi connectivity index (χ1) is 13.0. The Labute approximate surface area is 159 Å². The Bertz CT molecular complexity index is 1040. The van der Waals surface area contributed by atoms with Crippen molar-refractivity contribution in [2.24, 2.45) is 0 Å². The summed E-state index contributed by atoms with van der Waals surface area (Å²) in [7, 11) is 0. The number of carbonyl (C=O) groups excluding carboxylic acids is 1. The van der Waals surface area contributed by atoms with E-state index < -0.39 is 0 Å². The van der Waals surface area contributed by atoms with Crippen molar-refractivity contribution in [3.8, 4) is 17.5 Å². The third kappa shape index (κ3) is 4.46. The molecule has 7 nitrogen and oxygen atoms in total. The van der Waals surface area contributed by atoms with E-state index in [9.17, 15) is 9.18 Å². The van der Waals surface area contributed by atoms with Crippen LogP contribution in [0.5, 0.6) is 0 Å². The van der Waals surface area contributed by atoms with Gasteiger partial charge < -0.3 is 5.32 Å². The van der Waals surface area contributed by atoms with Gasteiger partial charge in [0.1, 0.15) is 11.9 Å². The van der Waals surface area contributed by atoms with E-state index >= 15 is 0 Å². The number of nitrogens with zero attached hydrogens (tertiary/aromatic N) is 5. The van der Waals surface area contributed by atoms with Crippen molar-refractivity contribution in [3.63, 3.8) is 0 Å². The highest BCUT2D eigenvalue weighted by atomic mass is 35.5. The highest BCUT2D eigenvalue weighted by Gasteiger charge is 2.10. The number of aryl methyl sites for hydroxylation is 2. The average Bonchev–Trinajstić information content (AvgIpc) is 3.11. The number of anilines is 1. The van der Waals surface area contributed by atoms with Crippen LogP contribution in [0.3, 0.4) is 0 Å². The average molecular weight is 385 g/mol. The minimum Gasteiger partial charge on any atom is -0.326 e. The monoisotopic (exact) mass is 384 g/mol. The zero-order chi connectivity index (χ0) is 19.4. The van der Waals surface area contributed by atoms with E-state index in [1.165, 1.54) is 23.0 Å². The topological polar surface area (TPSA) is 96.5 Å². The minimum absolute atomic E-state index is 0.121. The molecule has 9 heteroatoms. The number of carbonyl (C=O) groups is 1. The van der Waals surface area contributed by atoms with Crippen molar-refractivity contribution < 1.29 is 9.18 Å². The predicted molar refractivity (Wildman–Crippen MR) is 97.4 cm³/mol. The lowest BCUT2D eigenvalue weighted by atomic mass is 10.1. The van der Waals surface area contributed by atoms with Gasteiger partial charge in [0, 0.05) is 17.7 Å². The molecule has 1 N–H and O–H groups in total. The summed E-state index contributed by atoms with van der Waals surface area (Å²) in [5.41, 5.74) is 1.98. The summed E-state index contributed by atoms with van der Waals surface area (Å²) in [6, 6.07) is 11.2. The van der Waals surface area contributed by atoms with Gasteiger partial charge in [-0.05, 0) is 54.1 Å². The van der Waals surface area contributed by atoms with E-state index in [1.54, 1.807) is 25.1 Å². The summed E-state index contributed by atoms with van der Waals surface area (Å²) in [5.74, 6) is -0.199. The highest BCUT2D eigenvalue weighted by molar-refractivity contribution is 6.32. The molecule has 0 aliphatic heterocycles. The molecule has 0 spiro atoms. The molecule has 0 saturated heterocycles. The van der Waals surface area contributed by atoms with E-state index in [0.717, 1.165) is 0 Å². The quantitative estimate of drug-likeness (QED) is 0.727. The second-order valence-corrected chi connectivity index (χ2v) is 6.18. The van der Waals surface area contributed by atoms with Gasteiger partial charge in [-0.3, -0.25) is 4.79 Å². The van der Waals surface area contributed by atoms with Crippen LogP contribution >= 0.6 is 11.6 Å². The van der Waals surface area contributed by atoms with Crippen LogP contribution in [0.1, 0.15) is 17.5 Å². The first-order valence-corrected chi connectivity index (χ1v) is 8.38. The van der Waals surface area contributed by atoms with Crippen molar-refractivity contribution in [1.82, 2.24) is 20.2 Å². The Morgan fingerprint density at radius 1 is 1.33 bits per heavy atom. The molecule has 0 aliphatic rings. The standard InChI is InChI=1S/C18H14ClFN6O/c1-11-8-12(3-5-16(11)20)18-23-25-26(24-18)7-6-17(27)22-14-4-2-13(10-21)15(19)9-14/h2-5,8-9H,6-7H2,1H3,(H,22,27). The first-order valence-electron chi connectivity index (χ1n) is 8.00. The van der Waals surface area contributed by atoms with Crippen LogP contribution in [0.15, 0.2) is 36.4 Å². The fourth-order valence-electron chi connectivity index (χ4n) is 2.35. The lowest BCUT2D eigenvalue weighted by Crippen LogP contribution is -2.15. The van der Waals surface area contributed by atoms with Crippen LogP contribution < -0.4 is 5.32 Å². The summed E-state index contributed by atoms with van der Waals surface area (Å²) in [6.45, 7) is 1.88. The van der Waals surface area contributed by atoms with E-state index in [2.05, 4.69) is 20.7 Å². The second-order valence-electron chi connectivity index (χ2n) is 5.78. The smallest absolute Gasteiger partial charge is 0.226 e. The zero-order valence-electron chi connectivity index (χ0n) is 14.3. The van der Waals surface area contributed by atoms with E-state index in [1.807, 2.05) is 6.07 Å². The van der Waals surface area contributed by atoms with Gasteiger partial charge in [0.25, 0.3) is 0 Å². The molecule has 3 rings (SSSR count). The van der Waals surface area contributed by atoms with Crippen LogP contribution in [0.2, 0.25) is 5.02 Å². The summed E-state index contributed by atoms with van der Waals surface area (Å²) < 4.78 is 13.3. The lowest BCUT2D eigenvalue weighted by Gasteiger charge is -2.05. The zero-order valence-corrected chi connectivity index (χ0v) is 15.0. The number of nitriles is 1. The molecule has 1 heterocycles. The van der Waals surface area contributed by atoms with Crippen LogP contribution in [0.25, 0.3) is 11.4 Å². The summed E-state index contributed by atoms with van der Waals surface area (Å²) in [6.07, 6.45) is 0.121. The largest absolute Gasteiger partial charge is 0.326 e. The van der Waals surface area contributed by atoms with Gasteiger partial charge in [-0.1, -0.05) is 11.6 Å². The fraction of sp³-hybridized carbons (Fsp3) is 0.167. The van der Waals surface area contributed by atoms with Crippen molar-refractivity contribution in [3.05, 3.63) is 58.4 Å². The molecule has 0 aliphatic carbocycles. The van der Waals surface area contributed by atoms with Gasteiger partial charge in [-0.2, -0.15) is 10.1 Å². The highest BCUT2D eigenvalue weighted by Crippen LogP contribution is 2.20.